The molecular weight excluding hydrogens is 872 g/mol. The van der Waals surface area contributed by atoms with Crippen LogP contribution >= 0.6 is 67.8 Å². The van der Waals surface area contributed by atoms with E-state index in [1.807, 2.05) is 51.2 Å². The third-order valence-corrected chi connectivity index (χ3v) is 11.7. The minimum absolute atomic E-state index is 0.0145. The zero-order valence-corrected chi connectivity index (χ0v) is 25.7. The minimum atomic E-state index is -6.81. The summed E-state index contributed by atoms with van der Waals surface area (Å²) in [6, 6.07) is 3.47. The molecule has 4 aliphatic carbocycles. The second kappa shape index (κ2) is 9.78. The van der Waals surface area contributed by atoms with Gasteiger partial charge < -0.3 is 14.0 Å². The van der Waals surface area contributed by atoms with Crippen LogP contribution in [-0.4, -0.2) is 48.0 Å². The molecule has 0 amide bonds. The lowest BCUT2D eigenvalue weighted by atomic mass is 9.48. The summed E-state index contributed by atoms with van der Waals surface area (Å²) in [5, 5.41) is -5.92. The van der Waals surface area contributed by atoms with Gasteiger partial charge in [-0.2, -0.15) is 22.0 Å². The molecule has 0 heterocycles. The first kappa shape index (κ1) is 29.9. The summed E-state index contributed by atoms with van der Waals surface area (Å²) < 4.78 is 113. The van der Waals surface area contributed by atoms with Crippen molar-refractivity contribution >= 4 is 89.8 Å². The maximum Gasteiger partial charge on any atom is 0.432 e. The molecule has 3 unspecified atom stereocenters. The lowest BCUT2D eigenvalue weighted by Gasteiger charge is -2.59. The van der Waals surface area contributed by atoms with Crippen molar-refractivity contribution in [1.82, 2.24) is 0 Å². The van der Waals surface area contributed by atoms with E-state index in [2.05, 4.69) is 27.3 Å². The van der Waals surface area contributed by atoms with Crippen LogP contribution in [0.15, 0.2) is 12.1 Å². The molecule has 4 fully saturated rings. The van der Waals surface area contributed by atoms with Gasteiger partial charge in [0.15, 0.2) is 10.1 Å². The Morgan fingerprint density at radius 3 is 2.11 bits per heavy atom. The predicted octanol–water partition coefficient (Wildman–Crippen LogP) is 5.61. The van der Waals surface area contributed by atoms with E-state index in [1.165, 1.54) is 0 Å². The lowest BCUT2D eigenvalue weighted by Crippen LogP contribution is -2.61. The van der Waals surface area contributed by atoms with E-state index in [4.69, 9.17) is 4.74 Å². The molecule has 206 valence electrons. The first-order chi connectivity index (χ1) is 16.8. The number of carbonyl (C=O) groups is 2. The number of benzene rings is 1. The van der Waals surface area contributed by atoms with Crippen LogP contribution in [0.1, 0.15) is 48.9 Å². The zero-order valence-electron chi connectivity index (χ0n) is 18.4. The van der Waals surface area contributed by atoms with E-state index in [-0.39, 0.29) is 36.7 Å². The van der Waals surface area contributed by atoms with E-state index in [0.29, 0.717) is 22.8 Å². The third kappa shape index (κ3) is 5.59. The Morgan fingerprint density at radius 2 is 1.59 bits per heavy atom. The van der Waals surface area contributed by atoms with E-state index >= 15 is 0 Å². The highest BCUT2D eigenvalue weighted by Gasteiger charge is 2.67. The van der Waals surface area contributed by atoms with Gasteiger partial charge in [-0.3, -0.25) is 4.79 Å². The summed E-state index contributed by atoms with van der Waals surface area (Å²) in [4.78, 5) is 26.3. The molecule has 1 aromatic rings. The van der Waals surface area contributed by atoms with Gasteiger partial charge in [0, 0.05) is 17.1 Å². The maximum atomic E-state index is 14.0. The maximum absolute atomic E-state index is 14.0. The summed E-state index contributed by atoms with van der Waals surface area (Å²) in [7, 11) is -6.81. The van der Waals surface area contributed by atoms with Crippen LogP contribution in [0.2, 0.25) is 0 Å². The fourth-order valence-electron chi connectivity index (χ4n) is 6.18. The minimum Gasteiger partial charge on any atom is -0.743 e. The summed E-state index contributed by atoms with van der Waals surface area (Å²) in [6.45, 7) is 0. The Hall–Kier alpha value is -0.0900. The van der Waals surface area contributed by atoms with Gasteiger partial charge in [-0.15, -0.1) is 0 Å². The highest BCUT2D eigenvalue weighted by molar-refractivity contribution is 14.1. The number of ether oxygens (including phenoxy) is 2. The normalized spacial score (nSPS) is 30.2. The smallest absolute Gasteiger partial charge is 0.432 e. The fourth-order valence-corrected chi connectivity index (χ4v) is 9.00. The molecule has 3 atom stereocenters. The number of halogens is 8. The number of esters is 2. The Morgan fingerprint density at radius 1 is 1.03 bits per heavy atom. The van der Waals surface area contributed by atoms with Gasteiger partial charge in [0.1, 0.15) is 5.60 Å². The second-order valence-electron chi connectivity index (χ2n) is 9.91. The number of rotatable bonds is 6. The second-order valence-corrected chi connectivity index (χ2v) is 14.8. The topological polar surface area (TPSA) is 110 Å². The van der Waals surface area contributed by atoms with E-state index in [9.17, 15) is 44.5 Å². The molecule has 7 nitrogen and oxygen atoms in total. The highest BCUT2D eigenvalue weighted by atomic mass is 127. The summed E-state index contributed by atoms with van der Waals surface area (Å²) in [5.74, 6) is -2.84. The molecule has 0 spiro atoms. The Labute approximate surface area is 249 Å². The molecule has 0 N–H and O–H groups in total. The van der Waals surface area contributed by atoms with Crippen LogP contribution in [-0.2, 0) is 24.4 Å². The van der Waals surface area contributed by atoms with Gasteiger partial charge in [0.2, 0.25) is 0 Å². The molecule has 0 aliphatic heterocycles. The molecule has 0 aromatic heterocycles. The molecule has 37 heavy (non-hydrogen) atoms. The number of carbonyl (C=O) groups excluding carboxylic acids is 2. The Bertz CT molecular complexity index is 1240. The van der Waals surface area contributed by atoms with Crippen LogP contribution < -0.4 is 0 Å². The van der Waals surface area contributed by atoms with Crippen LogP contribution in [0, 0.1) is 28.0 Å². The average Bonchev–Trinajstić information content (AvgIpc) is 2.71. The molecular formula is C21H17F5I3O7S-. The molecule has 4 bridgehead atoms. The van der Waals surface area contributed by atoms with Crippen LogP contribution in [0.4, 0.5) is 22.0 Å². The quantitative estimate of drug-likeness (QED) is 0.120. The third-order valence-electron chi connectivity index (χ3n) is 7.12. The molecule has 0 saturated heterocycles. The Kier molecular flexibility index (Phi) is 7.89. The zero-order chi connectivity index (χ0) is 27.8. The van der Waals surface area contributed by atoms with Crippen LogP contribution in [0.3, 0.4) is 0 Å². The van der Waals surface area contributed by atoms with Gasteiger partial charge in [-0.1, -0.05) is 0 Å². The first-order valence-corrected chi connectivity index (χ1v) is 15.4. The van der Waals surface area contributed by atoms with Crippen molar-refractivity contribution in [3.8, 4) is 0 Å². The van der Waals surface area contributed by atoms with Gasteiger partial charge in [0.05, 0.1) is 11.0 Å². The van der Waals surface area contributed by atoms with E-state index in [0.717, 1.165) is 7.14 Å². The lowest BCUT2D eigenvalue weighted by molar-refractivity contribution is -0.269. The number of hydrogen-bond acceptors (Lipinski definition) is 7. The van der Waals surface area contributed by atoms with Crippen molar-refractivity contribution < 1.29 is 54.0 Å². The standard InChI is InChI=1S/C21H18F5I3O7S/c22-20(23,24)16(21(25,26)37(32,33)34)35-17(31)18-4-9-1-10(5-18)7-19(6-9,8-18)36-15(30)12-2-11(27)3-13(28)14(12)29/h2-3,9-10,16H,1,4-8H2,(H,32,33,34)/p-1. The highest BCUT2D eigenvalue weighted by Crippen LogP contribution is 2.63. The fraction of sp³-hybridized carbons (Fsp3) is 0.619. The molecule has 5 rings (SSSR count). The molecule has 4 saturated carbocycles. The van der Waals surface area contributed by atoms with Gasteiger partial charge in [-0.25, -0.2) is 13.2 Å². The van der Waals surface area contributed by atoms with Crippen molar-refractivity contribution in [1.29, 1.82) is 0 Å². The van der Waals surface area contributed by atoms with Crippen LogP contribution in [0.25, 0.3) is 0 Å². The van der Waals surface area contributed by atoms with Gasteiger partial charge in [0.25, 0.3) is 6.10 Å². The van der Waals surface area contributed by atoms with Crippen molar-refractivity contribution in [2.24, 2.45) is 17.3 Å². The molecule has 4 aliphatic rings. The molecule has 0 radical (unpaired) electrons. The van der Waals surface area contributed by atoms with Gasteiger partial charge >= 0.3 is 23.4 Å². The van der Waals surface area contributed by atoms with Crippen molar-refractivity contribution in [2.75, 3.05) is 0 Å². The molecule has 16 heteroatoms. The average molecular weight is 889 g/mol. The summed E-state index contributed by atoms with van der Waals surface area (Å²) in [5.41, 5.74) is -2.64. The first-order valence-electron chi connectivity index (χ1n) is 10.8. The number of hydrogen-bond donors (Lipinski definition) is 0. The van der Waals surface area contributed by atoms with Gasteiger partial charge in [-0.05, 0) is 124 Å². The summed E-state index contributed by atoms with van der Waals surface area (Å²) >= 11 is 6.08. The van der Waals surface area contributed by atoms with Crippen molar-refractivity contribution in [2.45, 2.75) is 61.7 Å². The molecule has 1 aromatic carbocycles. The predicted molar refractivity (Wildman–Crippen MR) is 140 cm³/mol. The monoisotopic (exact) mass is 889 g/mol. The Balaban J connectivity index is 1.63. The number of alkyl halides is 5. The summed E-state index contributed by atoms with van der Waals surface area (Å²) in [6.07, 6.45) is -9.42. The van der Waals surface area contributed by atoms with Crippen molar-refractivity contribution in [3.05, 3.63) is 28.4 Å². The van der Waals surface area contributed by atoms with E-state index in [1.54, 1.807) is 6.07 Å². The SMILES string of the molecule is O=C(OC12CC3CC(C1)CC(C(=O)OC(C(F)(F)F)C(F)(F)S(=O)(=O)[O-])(C3)C2)c1cc(I)cc(I)c1I. The largest absolute Gasteiger partial charge is 0.743 e. The van der Waals surface area contributed by atoms with Crippen molar-refractivity contribution in [3.63, 3.8) is 0 Å². The van der Waals surface area contributed by atoms with Crippen LogP contribution in [0.5, 0.6) is 0 Å². The van der Waals surface area contributed by atoms with E-state index < -0.39 is 50.6 Å².